The molecule has 1 amide bonds. The number of carboxylic acid groups (broad SMARTS) is 1. The second-order valence-corrected chi connectivity index (χ2v) is 6.75. The highest BCUT2D eigenvalue weighted by atomic mass is 32.2. The Hall–Kier alpha value is -2.09. The highest BCUT2D eigenvalue weighted by Crippen LogP contribution is 2.23. The van der Waals surface area contributed by atoms with Crippen LogP contribution in [0.4, 0.5) is 5.69 Å². The third-order valence-electron chi connectivity index (χ3n) is 2.66. The summed E-state index contributed by atoms with van der Waals surface area (Å²) in [5.74, 6) is -2.30. The lowest BCUT2D eigenvalue weighted by Gasteiger charge is -2.11. The van der Waals surface area contributed by atoms with Crippen LogP contribution < -0.4 is 10.1 Å². The minimum absolute atomic E-state index is 0.0134. The summed E-state index contributed by atoms with van der Waals surface area (Å²) in [7, 11) is -3.64. The van der Waals surface area contributed by atoms with E-state index in [9.17, 15) is 18.0 Å². The normalized spacial score (nSPS) is 11.0. The first-order valence-corrected chi connectivity index (χ1v) is 8.60. The van der Waals surface area contributed by atoms with Gasteiger partial charge in [-0.05, 0) is 25.5 Å². The average molecular weight is 329 g/mol. The summed E-state index contributed by atoms with van der Waals surface area (Å²) >= 11 is 0. The van der Waals surface area contributed by atoms with Gasteiger partial charge in [0.05, 0.1) is 18.0 Å². The van der Waals surface area contributed by atoms with Crippen molar-refractivity contribution in [3.63, 3.8) is 0 Å². The zero-order chi connectivity index (χ0) is 16.6. The van der Waals surface area contributed by atoms with Crippen LogP contribution in [0, 0.1) is 0 Å². The first kappa shape index (κ1) is 18.0. The maximum absolute atomic E-state index is 11.8. The SMILES string of the molecule is CCOc1ccccc1NC(=O)CS(=O)(=O)CCCC(=O)O. The maximum atomic E-state index is 11.8. The number of carboxylic acids is 1. The number of benzene rings is 1. The Morgan fingerprint density at radius 1 is 1.27 bits per heavy atom. The molecule has 0 unspecified atom stereocenters. The van der Waals surface area contributed by atoms with Gasteiger partial charge >= 0.3 is 5.97 Å². The van der Waals surface area contributed by atoms with Gasteiger partial charge in [-0.3, -0.25) is 9.59 Å². The highest BCUT2D eigenvalue weighted by molar-refractivity contribution is 7.92. The fourth-order valence-electron chi connectivity index (χ4n) is 1.75. The molecule has 0 aliphatic carbocycles. The van der Waals surface area contributed by atoms with Crippen LogP contribution in [0.15, 0.2) is 24.3 Å². The summed E-state index contributed by atoms with van der Waals surface area (Å²) in [6, 6.07) is 6.71. The molecule has 7 nitrogen and oxygen atoms in total. The van der Waals surface area contributed by atoms with Gasteiger partial charge in [-0.2, -0.15) is 0 Å². The molecule has 22 heavy (non-hydrogen) atoms. The number of carbonyl (C=O) groups excluding carboxylic acids is 1. The summed E-state index contributed by atoms with van der Waals surface area (Å²) in [5, 5.41) is 11.0. The van der Waals surface area contributed by atoms with Gasteiger partial charge < -0.3 is 15.2 Å². The minimum atomic E-state index is -3.64. The zero-order valence-corrected chi connectivity index (χ0v) is 13.1. The number of anilines is 1. The van der Waals surface area contributed by atoms with Gasteiger partial charge in [-0.25, -0.2) is 8.42 Å². The molecule has 0 saturated heterocycles. The van der Waals surface area contributed by atoms with Crippen molar-refractivity contribution >= 4 is 27.4 Å². The van der Waals surface area contributed by atoms with E-state index in [2.05, 4.69) is 5.32 Å². The molecule has 0 aliphatic rings. The van der Waals surface area contributed by atoms with E-state index >= 15 is 0 Å². The summed E-state index contributed by atoms with van der Waals surface area (Å²) in [6.07, 6.45) is -0.255. The predicted octanol–water partition coefficient (Wildman–Crippen LogP) is 1.30. The second kappa shape index (κ2) is 8.38. The third-order valence-corrected chi connectivity index (χ3v) is 4.27. The van der Waals surface area contributed by atoms with Crippen molar-refractivity contribution in [3.8, 4) is 5.75 Å². The Bertz CT molecular complexity index is 626. The molecule has 0 spiro atoms. The Morgan fingerprint density at radius 3 is 2.59 bits per heavy atom. The number of amides is 1. The van der Waals surface area contributed by atoms with Gasteiger partial charge in [0.15, 0.2) is 9.84 Å². The Balaban J connectivity index is 2.60. The van der Waals surface area contributed by atoms with Gasteiger partial charge in [0.2, 0.25) is 5.91 Å². The van der Waals surface area contributed by atoms with Gasteiger partial charge in [-0.15, -0.1) is 0 Å². The topological polar surface area (TPSA) is 110 Å². The quantitative estimate of drug-likeness (QED) is 0.707. The van der Waals surface area contributed by atoms with Crippen LogP contribution in [0.3, 0.4) is 0 Å². The van der Waals surface area contributed by atoms with Crippen LogP contribution in [-0.4, -0.2) is 43.5 Å². The Labute approximate surface area is 129 Å². The number of sulfone groups is 1. The molecule has 0 fully saturated rings. The molecule has 1 aromatic rings. The molecule has 122 valence electrons. The molecule has 1 rings (SSSR count). The molecule has 0 heterocycles. The summed E-state index contributed by atoms with van der Waals surface area (Å²) < 4.78 is 28.8. The van der Waals surface area contributed by atoms with Crippen molar-refractivity contribution in [2.75, 3.05) is 23.4 Å². The third kappa shape index (κ3) is 6.57. The summed E-state index contributed by atoms with van der Waals surface area (Å²) in [5.41, 5.74) is 0.398. The lowest BCUT2D eigenvalue weighted by atomic mass is 10.3. The monoisotopic (exact) mass is 329 g/mol. The minimum Gasteiger partial charge on any atom is -0.492 e. The number of aliphatic carboxylic acids is 1. The smallest absolute Gasteiger partial charge is 0.303 e. The molecule has 0 radical (unpaired) electrons. The lowest BCUT2D eigenvalue weighted by Crippen LogP contribution is -2.25. The van der Waals surface area contributed by atoms with Crippen LogP contribution in [0.1, 0.15) is 19.8 Å². The largest absolute Gasteiger partial charge is 0.492 e. The van der Waals surface area contributed by atoms with E-state index < -0.39 is 27.5 Å². The predicted molar refractivity (Wildman–Crippen MR) is 81.8 cm³/mol. The van der Waals surface area contributed by atoms with Gasteiger partial charge in [0.1, 0.15) is 11.5 Å². The van der Waals surface area contributed by atoms with E-state index in [4.69, 9.17) is 9.84 Å². The molecule has 0 aliphatic heterocycles. The fraction of sp³-hybridized carbons (Fsp3) is 0.429. The summed E-state index contributed by atoms with van der Waals surface area (Å²) in [6.45, 7) is 2.21. The van der Waals surface area contributed by atoms with Crippen LogP contribution in [0.2, 0.25) is 0 Å². The lowest BCUT2D eigenvalue weighted by molar-refractivity contribution is -0.137. The van der Waals surface area contributed by atoms with E-state index in [0.717, 1.165) is 0 Å². The van der Waals surface area contributed by atoms with E-state index in [1.807, 2.05) is 0 Å². The van der Waals surface area contributed by atoms with Crippen molar-refractivity contribution in [2.45, 2.75) is 19.8 Å². The molecule has 2 N–H and O–H groups in total. The number of nitrogens with one attached hydrogen (secondary N) is 1. The molecule has 0 aromatic heterocycles. The fourth-order valence-corrected chi connectivity index (χ4v) is 2.95. The van der Waals surface area contributed by atoms with E-state index in [1.54, 1.807) is 31.2 Å². The molecular weight excluding hydrogens is 310 g/mol. The number of carbonyl (C=O) groups is 2. The first-order valence-electron chi connectivity index (χ1n) is 6.78. The number of para-hydroxylation sites is 2. The van der Waals surface area contributed by atoms with Crippen LogP contribution in [0.25, 0.3) is 0 Å². The molecule has 0 saturated carbocycles. The Kier molecular flexibility index (Phi) is 6.84. The van der Waals surface area contributed by atoms with Crippen LogP contribution in [0.5, 0.6) is 5.75 Å². The standard InChI is InChI=1S/C14H19NO6S/c1-2-21-12-7-4-3-6-11(12)15-13(16)10-22(19,20)9-5-8-14(17)18/h3-4,6-7H,2,5,8-10H2,1H3,(H,15,16)(H,17,18). The van der Waals surface area contributed by atoms with Crippen molar-refractivity contribution in [1.29, 1.82) is 0 Å². The van der Waals surface area contributed by atoms with Crippen molar-refractivity contribution in [3.05, 3.63) is 24.3 Å². The highest BCUT2D eigenvalue weighted by Gasteiger charge is 2.18. The zero-order valence-electron chi connectivity index (χ0n) is 12.2. The molecule has 0 atom stereocenters. The molecule has 0 bridgehead atoms. The van der Waals surface area contributed by atoms with E-state index in [0.29, 0.717) is 18.0 Å². The Morgan fingerprint density at radius 2 is 1.95 bits per heavy atom. The van der Waals surface area contributed by atoms with Crippen molar-refractivity contribution in [2.24, 2.45) is 0 Å². The molecule has 8 heteroatoms. The van der Waals surface area contributed by atoms with E-state index in [1.165, 1.54) is 0 Å². The molecule has 1 aromatic carbocycles. The summed E-state index contributed by atoms with van der Waals surface area (Å²) in [4.78, 5) is 22.2. The molecular formula is C14H19NO6S. The number of hydrogen-bond acceptors (Lipinski definition) is 5. The number of hydrogen-bond donors (Lipinski definition) is 2. The van der Waals surface area contributed by atoms with Gasteiger partial charge in [0, 0.05) is 6.42 Å². The maximum Gasteiger partial charge on any atom is 0.303 e. The van der Waals surface area contributed by atoms with Gasteiger partial charge in [0.25, 0.3) is 0 Å². The van der Waals surface area contributed by atoms with E-state index in [-0.39, 0.29) is 18.6 Å². The van der Waals surface area contributed by atoms with Crippen molar-refractivity contribution in [1.82, 2.24) is 0 Å². The number of ether oxygens (including phenoxy) is 1. The van der Waals surface area contributed by atoms with Crippen LogP contribution >= 0.6 is 0 Å². The van der Waals surface area contributed by atoms with Crippen molar-refractivity contribution < 1.29 is 27.9 Å². The average Bonchev–Trinajstić information content (AvgIpc) is 2.39. The van der Waals surface area contributed by atoms with Gasteiger partial charge in [-0.1, -0.05) is 12.1 Å². The second-order valence-electron chi connectivity index (χ2n) is 4.57. The van der Waals surface area contributed by atoms with Crippen LogP contribution in [-0.2, 0) is 19.4 Å². The number of rotatable bonds is 9. The first-order chi connectivity index (χ1) is 10.3.